The molecule has 0 aromatic heterocycles. The van der Waals surface area contributed by atoms with E-state index in [4.69, 9.17) is 15.2 Å². The van der Waals surface area contributed by atoms with Crippen molar-refractivity contribution in [3.8, 4) is 0 Å². The fourth-order valence-corrected chi connectivity index (χ4v) is 3.43. The van der Waals surface area contributed by atoms with Gasteiger partial charge in [0.05, 0.1) is 5.60 Å². The summed E-state index contributed by atoms with van der Waals surface area (Å²) in [7, 11) is 0. The Morgan fingerprint density at radius 3 is 2.72 bits per heavy atom. The number of nitrogens with two attached hydrogens (primary N) is 1. The second-order valence-electron chi connectivity index (χ2n) is 6.13. The lowest BCUT2D eigenvalue weighted by Gasteiger charge is -2.43. The maximum Gasteiger partial charge on any atom is 0.0729 e. The third-order valence-electron chi connectivity index (χ3n) is 4.60. The molecule has 0 saturated carbocycles. The van der Waals surface area contributed by atoms with E-state index in [1.165, 1.54) is 38.5 Å². The van der Waals surface area contributed by atoms with E-state index in [-0.39, 0.29) is 5.60 Å². The molecule has 2 unspecified atom stereocenters. The van der Waals surface area contributed by atoms with E-state index in [0.29, 0.717) is 6.04 Å². The fraction of sp³-hybridized carbons (Fsp3) is 1.00. The zero-order chi connectivity index (χ0) is 12.8. The van der Waals surface area contributed by atoms with Crippen LogP contribution in [-0.2, 0) is 9.47 Å². The fourth-order valence-electron chi connectivity index (χ4n) is 3.43. The van der Waals surface area contributed by atoms with Gasteiger partial charge in [-0.15, -0.1) is 0 Å². The smallest absolute Gasteiger partial charge is 0.0729 e. The Bertz CT molecular complexity index is 233. The summed E-state index contributed by atoms with van der Waals surface area (Å²) >= 11 is 0. The normalized spacial score (nSPS) is 29.3. The molecular formula is C15H29NO2. The van der Waals surface area contributed by atoms with Gasteiger partial charge in [0, 0.05) is 25.9 Å². The van der Waals surface area contributed by atoms with Crippen molar-refractivity contribution in [2.75, 3.05) is 19.8 Å². The minimum Gasteiger partial charge on any atom is -0.381 e. The second kappa shape index (κ2) is 6.88. The molecule has 2 aliphatic heterocycles. The van der Waals surface area contributed by atoms with Gasteiger partial charge in [-0.25, -0.2) is 0 Å². The summed E-state index contributed by atoms with van der Waals surface area (Å²) in [5.74, 6) is 0.819. The molecule has 2 heterocycles. The van der Waals surface area contributed by atoms with Crippen LogP contribution in [0, 0.1) is 5.92 Å². The number of hydrogen-bond donors (Lipinski definition) is 1. The van der Waals surface area contributed by atoms with Crippen LogP contribution in [0.1, 0.15) is 58.3 Å². The van der Waals surface area contributed by atoms with E-state index in [0.717, 1.165) is 38.6 Å². The molecule has 2 saturated heterocycles. The lowest BCUT2D eigenvalue weighted by Crippen LogP contribution is -2.44. The predicted octanol–water partition coefficient (Wildman–Crippen LogP) is 2.87. The summed E-state index contributed by atoms with van der Waals surface area (Å²) < 4.78 is 11.5. The molecular weight excluding hydrogens is 226 g/mol. The number of ether oxygens (including phenoxy) is 2. The Morgan fingerprint density at radius 2 is 2.00 bits per heavy atom. The van der Waals surface area contributed by atoms with Gasteiger partial charge >= 0.3 is 0 Å². The molecule has 2 N–H and O–H groups in total. The van der Waals surface area contributed by atoms with Crippen molar-refractivity contribution in [3.05, 3.63) is 0 Å². The summed E-state index contributed by atoms with van der Waals surface area (Å²) in [6.07, 6.45) is 9.47. The van der Waals surface area contributed by atoms with Crippen molar-refractivity contribution >= 4 is 0 Å². The predicted molar refractivity (Wildman–Crippen MR) is 73.6 cm³/mol. The standard InChI is InChI=1S/C15H29NO2/c1-2-3-14(16)5-4-13-6-9-18-15(12-13)7-10-17-11-8-15/h13-14H,2-12,16H2,1H3. The van der Waals surface area contributed by atoms with Gasteiger partial charge in [0.25, 0.3) is 0 Å². The Balaban J connectivity index is 1.76. The maximum absolute atomic E-state index is 6.12. The average Bonchev–Trinajstić information content (AvgIpc) is 2.38. The Labute approximate surface area is 111 Å². The number of hydrogen-bond acceptors (Lipinski definition) is 3. The van der Waals surface area contributed by atoms with E-state index in [9.17, 15) is 0 Å². The monoisotopic (exact) mass is 255 g/mol. The van der Waals surface area contributed by atoms with Gasteiger partial charge in [-0.3, -0.25) is 0 Å². The van der Waals surface area contributed by atoms with Crippen molar-refractivity contribution in [2.45, 2.75) is 69.9 Å². The van der Waals surface area contributed by atoms with Crippen molar-refractivity contribution < 1.29 is 9.47 Å². The maximum atomic E-state index is 6.12. The molecule has 2 fully saturated rings. The molecule has 18 heavy (non-hydrogen) atoms. The van der Waals surface area contributed by atoms with E-state index in [2.05, 4.69) is 6.92 Å². The van der Waals surface area contributed by atoms with Crippen molar-refractivity contribution in [1.82, 2.24) is 0 Å². The van der Waals surface area contributed by atoms with Crippen LogP contribution in [0.4, 0.5) is 0 Å². The molecule has 0 amide bonds. The first-order chi connectivity index (χ1) is 8.74. The van der Waals surface area contributed by atoms with Crippen LogP contribution in [0.25, 0.3) is 0 Å². The molecule has 0 bridgehead atoms. The first-order valence-electron chi connectivity index (χ1n) is 7.71. The van der Waals surface area contributed by atoms with Crippen LogP contribution < -0.4 is 5.73 Å². The Morgan fingerprint density at radius 1 is 1.22 bits per heavy atom. The lowest BCUT2D eigenvalue weighted by atomic mass is 9.78. The van der Waals surface area contributed by atoms with E-state index in [1.54, 1.807) is 0 Å². The zero-order valence-electron chi connectivity index (χ0n) is 11.8. The van der Waals surface area contributed by atoms with Gasteiger partial charge in [-0.05, 0) is 50.9 Å². The minimum atomic E-state index is 0.149. The topological polar surface area (TPSA) is 44.5 Å². The molecule has 0 aromatic rings. The van der Waals surface area contributed by atoms with Gasteiger partial charge in [0.2, 0.25) is 0 Å². The zero-order valence-corrected chi connectivity index (χ0v) is 11.8. The van der Waals surface area contributed by atoms with E-state index >= 15 is 0 Å². The van der Waals surface area contributed by atoms with Gasteiger partial charge in [0.1, 0.15) is 0 Å². The molecule has 1 spiro atoms. The highest BCUT2D eigenvalue weighted by atomic mass is 16.5. The van der Waals surface area contributed by atoms with Crippen LogP contribution in [-0.4, -0.2) is 31.5 Å². The SMILES string of the molecule is CCCC(N)CCC1CCOC2(CCOCC2)C1. The summed E-state index contributed by atoms with van der Waals surface area (Å²) in [5, 5.41) is 0. The quantitative estimate of drug-likeness (QED) is 0.821. The van der Waals surface area contributed by atoms with Crippen LogP contribution in [0.5, 0.6) is 0 Å². The van der Waals surface area contributed by atoms with E-state index in [1.807, 2.05) is 0 Å². The highest BCUT2D eigenvalue weighted by Crippen LogP contribution is 2.38. The summed E-state index contributed by atoms with van der Waals surface area (Å²) in [4.78, 5) is 0. The molecule has 2 aliphatic rings. The molecule has 106 valence electrons. The highest BCUT2D eigenvalue weighted by molar-refractivity contribution is 4.89. The summed E-state index contributed by atoms with van der Waals surface area (Å²) in [5.41, 5.74) is 6.27. The van der Waals surface area contributed by atoms with Crippen molar-refractivity contribution in [1.29, 1.82) is 0 Å². The van der Waals surface area contributed by atoms with Gasteiger partial charge in [-0.2, -0.15) is 0 Å². The third-order valence-corrected chi connectivity index (χ3v) is 4.60. The van der Waals surface area contributed by atoms with Crippen LogP contribution >= 0.6 is 0 Å². The van der Waals surface area contributed by atoms with Crippen LogP contribution in [0.15, 0.2) is 0 Å². The summed E-state index contributed by atoms with van der Waals surface area (Å²) in [6.45, 7) is 4.91. The van der Waals surface area contributed by atoms with Gasteiger partial charge < -0.3 is 15.2 Å². The Kier molecular flexibility index (Phi) is 5.46. The number of rotatable bonds is 5. The van der Waals surface area contributed by atoms with Crippen molar-refractivity contribution in [3.63, 3.8) is 0 Å². The Hall–Kier alpha value is -0.120. The van der Waals surface area contributed by atoms with Crippen LogP contribution in [0.2, 0.25) is 0 Å². The molecule has 3 nitrogen and oxygen atoms in total. The van der Waals surface area contributed by atoms with Gasteiger partial charge in [-0.1, -0.05) is 13.3 Å². The molecule has 0 aliphatic carbocycles. The summed E-state index contributed by atoms with van der Waals surface area (Å²) in [6, 6.07) is 0.406. The lowest BCUT2D eigenvalue weighted by molar-refractivity contribution is -0.147. The molecule has 3 heteroatoms. The largest absolute Gasteiger partial charge is 0.381 e. The highest BCUT2D eigenvalue weighted by Gasteiger charge is 2.38. The molecule has 0 aromatic carbocycles. The van der Waals surface area contributed by atoms with Crippen molar-refractivity contribution in [2.24, 2.45) is 11.7 Å². The van der Waals surface area contributed by atoms with E-state index < -0.39 is 0 Å². The first kappa shape index (κ1) is 14.3. The second-order valence-corrected chi connectivity index (χ2v) is 6.13. The molecule has 2 rings (SSSR count). The molecule has 2 atom stereocenters. The first-order valence-corrected chi connectivity index (χ1v) is 7.71. The third kappa shape index (κ3) is 3.94. The van der Waals surface area contributed by atoms with Crippen LogP contribution in [0.3, 0.4) is 0 Å². The van der Waals surface area contributed by atoms with Gasteiger partial charge in [0.15, 0.2) is 0 Å². The average molecular weight is 255 g/mol. The minimum absolute atomic E-state index is 0.149. The molecule has 0 radical (unpaired) electrons.